The van der Waals surface area contributed by atoms with Crippen LogP contribution in [0.5, 0.6) is 0 Å². The normalized spacial score (nSPS) is 30.9. The Morgan fingerprint density at radius 1 is 1.32 bits per heavy atom. The van der Waals surface area contributed by atoms with E-state index in [2.05, 4.69) is 15.8 Å². The highest BCUT2D eigenvalue weighted by atomic mass is 16.2. The molecule has 2 amide bonds. The number of fused-ring (bicyclic) bond motifs is 1. The van der Waals surface area contributed by atoms with Crippen LogP contribution in [0.15, 0.2) is 24.5 Å². The van der Waals surface area contributed by atoms with E-state index < -0.39 is 0 Å². The quantitative estimate of drug-likeness (QED) is 0.781. The number of pyridine rings is 1. The number of amides is 2. The average Bonchev–Trinajstić information content (AvgIpc) is 3.23. The van der Waals surface area contributed by atoms with Crippen LogP contribution in [-0.4, -0.2) is 52.9 Å². The van der Waals surface area contributed by atoms with Crippen LogP contribution in [0.2, 0.25) is 0 Å². The van der Waals surface area contributed by atoms with Gasteiger partial charge in [-0.05, 0) is 25.0 Å². The van der Waals surface area contributed by atoms with E-state index in [1.165, 1.54) is 0 Å². The van der Waals surface area contributed by atoms with Gasteiger partial charge >= 0.3 is 0 Å². The van der Waals surface area contributed by atoms with Crippen molar-refractivity contribution in [1.29, 1.82) is 0 Å². The van der Waals surface area contributed by atoms with Crippen LogP contribution in [0.3, 0.4) is 0 Å². The second kappa shape index (κ2) is 5.33. The van der Waals surface area contributed by atoms with Gasteiger partial charge in [-0.25, -0.2) is 5.43 Å². The fourth-order valence-electron chi connectivity index (χ4n) is 3.82. The van der Waals surface area contributed by atoms with Crippen LogP contribution < -0.4 is 15.8 Å². The van der Waals surface area contributed by atoms with Crippen LogP contribution in [0, 0.1) is 0 Å². The molecule has 1 unspecified atom stereocenters. The van der Waals surface area contributed by atoms with Gasteiger partial charge in [0.1, 0.15) is 6.04 Å². The molecule has 0 bridgehead atoms. The van der Waals surface area contributed by atoms with Crippen molar-refractivity contribution in [3.8, 4) is 0 Å². The Morgan fingerprint density at radius 2 is 2.23 bits per heavy atom. The van der Waals surface area contributed by atoms with Crippen molar-refractivity contribution < 1.29 is 9.59 Å². The van der Waals surface area contributed by atoms with Crippen molar-refractivity contribution in [3.05, 3.63) is 24.5 Å². The minimum Gasteiger partial charge on any atom is -0.336 e. The number of likely N-dealkylation sites (tertiary alicyclic amines) is 1. The predicted octanol–water partition coefficient (Wildman–Crippen LogP) is -0.346. The number of nitrogens with zero attached hydrogens (tertiary/aromatic N) is 3. The lowest BCUT2D eigenvalue weighted by Gasteiger charge is -2.27. The Hall–Kier alpha value is -1.99. The molecule has 3 atom stereocenters. The first-order chi connectivity index (χ1) is 10.8. The Morgan fingerprint density at radius 3 is 2.95 bits per heavy atom. The number of carbonyl (C=O) groups excluding carboxylic acids is 2. The van der Waals surface area contributed by atoms with Gasteiger partial charge in [-0.15, -0.1) is 0 Å². The molecule has 1 aromatic heterocycles. The summed E-state index contributed by atoms with van der Waals surface area (Å²) in [5.41, 5.74) is 6.84. The Balaban J connectivity index is 1.55. The van der Waals surface area contributed by atoms with Crippen molar-refractivity contribution in [2.24, 2.45) is 0 Å². The fourth-order valence-corrected chi connectivity index (χ4v) is 3.82. The topological polar surface area (TPSA) is 77.6 Å². The summed E-state index contributed by atoms with van der Waals surface area (Å²) in [6.45, 7) is 1.52. The molecule has 7 heteroatoms. The molecule has 0 saturated carbocycles. The molecule has 116 valence electrons. The molecule has 22 heavy (non-hydrogen) atoms. The second-order valence-corrected chi connectivity index (χ2v) is 6.05. The molecule has 0 aliphatic carbocycles. The average molecular weight is 301 g/mol. The standard InChI is InChI=1S/C15H19N5O2/c21-14-8-13-12(20(14)10-2-1-5-16-9-10)4-7-19(13)15(22)11-3-6-17-18-11/h1-2,5,9,11-13,17-18H,3-4,6-8H2/t11?,12-,13-/m1/s1. The Labute approximate surface area is 128 Å². The molecule has 0 spiro atoms. The summed E-state index contributed by atoms with van der Waals surface area (Å²) in [6, 6.07) is 3.64. The van der Waals surface area contributed by atoms with Crippen molar-refractivity contribution in [1.82, 2.24) is 20.7 Å². The highest BCUT2D eigenvalue weighted by molar-refractivity contribution is 5.98. The van der Waals surface area contributed by atoms with E-state index in [0.29, 0.717) is 6.42 Å². The largest absolute Gasteiger partial charge is 0.336 e. The molecule has 0 aromatic carbocycles. The van der Waals surface area contributed by atoms with E-state index >= 15 is 0 Å². The van der Waals surface area contributed by atoms with E-state index in [1.54, 1.807) is 12.4 Å². The van der Waals surface area contributed by atoms with Gasteiger partial charge in [-0.3, -0.25) is 20.0 Å². The summed E-state index contributed by atoms with van der Waals surface area (Å²) in [7, 11) is 0. The van der Waals surface area contributed by atoms with Crippen LogP contribution in [0.1, 0.15) is 19.3 Å². The van der Waals surface area contributed by atoms with Crippen molar-refractivity contribution in [2.75, 3.05) is 18.0 Å². The minimum absolute atomic E-state index is 0.0115. The number of hydrazine groups is 1. The van der Waals surface area contributed by atoms with E-state index in [-0.39, 0.29) is 29.9 Å². The first kappa shape index (κ1) is 13.7. The van der Waals surface area contributed by atoms with E-state index in [0.717, 1.165) is 31.6 Å². The number of anilines is 1. The lowest BCUT2D eigenvalue weighted by molar-refractivity contribution is -0.134. The molecule has 3 saturated heterocycles. The molecule has 3 fully saturated rings. The number of carbonyl (C=O) groups is 2. The van der Waals surface area contributed by atoms with Gasteiger partial charge in [-0.1, -0.05) is 0 Å². The molecular weight excluding hydrogens is 282 g/mol. The summed E-state index contributed by atoms with van der Waals surface area (Å²) < 4.78 is 0. The van der Waals surface area contributed by atoms with Gasteiger partial charge in [0.15, 0.2) is 0 Å². The lowest BCUT2D eigenvalue weighted by Crippen LogP contribution is -2.48. The van der Waals surface area contributed by atoms with E-state index in [9.17, 15) is 9.59 Å². The summed E-state index contributed by atoms with van der Waals surface area (Å²) in [5, 5.41) is 0. The molecule has 3 aliphatic rings. The summed E-state index contributed by atoms with van der Waals surface area (Å²) in [4.78, 5) is 32.9. The predicted molar refractivity (Wildman–Crippen MR) is 79.8 cm³/mol. The fraction of sp³-hybridized carbons (Fsp3) is 0.533. The third kappa shape index (κ3) is 2.08. The maximum absolute atomic E-state index is 12.6. The monoisotopic (exact) mass is 301 g/mol. The smallest absolute Gasteiger partial charge is 0.241 e. The van der Waals surface area contributed by atoms with Gasteiger partial charge in [0.2, 0.25) is 11.8 Å². The first-order valence-corrected chi connectivity index (χ1v) is 7.76. The molecule has 7 nitrogen and oxygen atoms in total. The molecule has 3 aliphatic heterocycles. The van der Waals surface area contributed by atoms with Gasteiger partial charge in [0.05, 0.1) is 24.0 Å². The van der Waals surface area contributed by atoms with Crippen LogP contribution in [0.4, 0.5) is 5.69 Å². The molecule has 4 heterocycles. The van der Waals surface area contributed by atoms with Crippen molar-refractivity contribution in [3.63, 3.8) is 0 Å². The van der Waals surface area contributed by atoms with E-state index in [4.69, 9.17) is 0 Å². The highest BCUT2D eigenvalue weighted by Gasteiger charge is 2.49. The van der Waals surface area contributed by atoms with Gasteiger partial charge in [0, 0.05) is 25.7 Å². The third-order valence-corrected chi connectivity index (χ3v) is 4.83. The molecule has 1 aromatic rings. The second-order valence-electron chi connectivity index (χ2n) is 6.05. The number of hydrogen-bond acceptors (Lipinski definition) is 5. The maximum atomic E-state index is 12.6. The highest BCUT2D eigenvalue weighted by Crippen LogP contribution is 2.36. The van der Waals surface area contributed by atoms with E-state index in [1.807, 2.05) is 21.9 Å². The minimum atomic E-state index is -0.165. The van der Waals surface area contributed by atoms with Gasteiger partial charge < -0.3 is 9.80 Å². The van der Waals surface area contributed by atoms with Crippen LogP contribution in [0.25, 0.3) is 0 Å². The zero-order chi connectivity index (χ0) is 15.1. The SMILES string of the molecule is O=C(C1CCNN1)N1CC[C@@H]2[C@H]1CC(=O)N2c1cccnc1. The molecule has 4 rings (SSSR count). The van der Waals surface area contributed by atoms with Gasteiger partial charge in [-0.2, -0.15) is 0 Å². The first-order valence-electron chi connectivity index (χ1n) is 7.76. The Kier molecular flexibility index (Phi) is 3.31. The summed E-state index contributed by atoms with van der Waals surface area (Å²) in [5.74, 6) is 0.191. The lowest BCUT2D eigenvalue weighted by atomic mass is 10.1. The van der Waals surface area contributed by atoms with Crippen molar-refractivity contribution in [2.45, 2.75) is 37.4 Å². The summed E-state index contributed by atoms with van der Waals surface area (Å²) in [6.07, 6.45) is 5.45. The summed E-state index contributed by atoms with van der Waals surface area (Å²) >= 11 is 0. The molecular formula is C15H19N5O2. The third-order valence-electron chi connectivity index (χ3n) is 4.83. The Bertz CT molecular complexity index is 587. The van der Waals surface area contributed by atoms with Crippen molar-refractivity contribution >= 4 is 17.5 Å². The number of hydrogen-bond donors (Lipinski definition) is 2. The van der Waals surface area contributed by atoms with Gasteiger partial charge in [0.25, 0.3) is 0 Å². The maximum Gasteiger partial charge on any atom is 0.241 e. The number of rotatable bonds is 2. The van der Waals surface area contributed by atoms with Crippen LogP contribution >= 0.6 is 0 Å². The zero-order valence-corrected chi connectivity index (χ0v) is 12.2. The molecule has 0 radical (unpaired) electrons. The molecule has 2 N–H and O–H groups in total. The zero-order valence-electron chi connectivity index (χ0n) is 12.2. The van der Waals surface area contributed by atoms with Crippen LogP contribution in [-0.2, 0) is 9.59 Å². The number of nitrogens with one attached hydrogen (secondary N) is 2. The number of aromatic nitrogens is 1.